The molecule has 1 amide bonds. The van der Waals surface area contributed by atoms with Crippen molar-refractivity contribution in [2.45, 2.75) is 283 Å². The number of quaternary nitrogens is 1. The van der Waals surface area contributed by atoms with E-state index in [1.165, 1.54) is 186 Å². The monoisotopic (exact) mass is 1030 g/mol. The molecule has 9 heteroatoms. The minimum absolute atomic E-state index is 0.0526. The van der Waals surface area contributed by atoms with Crippen molar-refractivity contribution in [2.75, 3.05) is 40.9 Å². The molecule has 0 aromatic carbocycles. The van der Waals surface area contributed by atoms with Crippen LogP contribution in [0.4, 0.5) is 0 Å². The number of nitrogens with one attached hydrogen (secondary N) is 1. The van der Waals surface area contributed by atoms with E-state index in [1.54, 1.807) is 6.08 Å². The third-order valence-corrected chi connectivity index (χ3v) is 14.4. The van der Waals surface area contributed by atoms with Gasteiger partial charge >= 0.3 is 7.82 Å². The highest BCUT2D eigenvalue weighted by molar-refractivity contribution is 7.47. The van der Waals surface area contributed by atoms with E-state index in [0.29, 0.717) is 17.4 Å². The maximum atomic E-state index is 13.0. The molecule has 0 aromatic heterocycles. The smallest absolute Gasteiger partial charge is 0.387 e. The van der Waals surface area contributed by atoms with E-state index in [4.69, 9.17) is 9.05 Å². The molecule has 0 radical (unpaired) electrons. The van der Waals surface area contributed by atoms with Crippen LogP contribution in [-0.4, -0.2) is 73.4 Å². The number of hydrogen-bond acceptors (Lipinski definition) is 5. The Morgan fingerprint density at radius 2 is 0.806 bits per heavy atom. The molecule has 0 bridgehead atoms. The van der Waals surface area contributed by atoms with Crippen molar-refractivity contribution >= 4 is 13.7 Å². The van der Waals surface area contributed by atoms with Crippen LogP contribution in [0.3, 0.4) is 0 Å². The van der Waals surface area contributed by atoms with Crippen LogP contribution in [0.1, 0.15) is 271 Å². The maximum Gasteiger partial charge on any atom is 0.472 e. The van der Waals surface area contributed by atoms with Crippen molar-refractivity contribution in [3.8, 4) is 0 Å². The average Bonchev–Trinajstić information content (AvgIpc) is 3.34. The number of aliphatic hydroxyl groups excluding tert-OH is 1. The Hall–Kier alpha value is -2.06. The van der Waals surface area contributed by atoms with Crippen molar-refractivity contribution in [3.05, 3.63) is 72.9 Å². The van der Waals surface area contributed by atoms with Crippen LogP contribution in [0, 0.1) is 0 Å². The van der Waals surface area contributed by atoms with Gasteiger partial charge in [-0.1, -0.05) is 254 Å². The van der Waals surface area contributed by atoms with E-state index in [-0.39, 0.29) is 19.1 Å². The zero-order valence-electron chi connectivity index (χ0n) is 47.9. The molecule has 0 saturated heterocycles. The lowest BCUT2D eigenvalue weighted by molar-refractivity contribution is -0.870. The van der Waals surface area contributed by atoms with Gasteiger partial charge < -0.3 is 19.8 Å². The number of phosphoric acid groups is 1. The van der Waals surface area contributed by atoms with Crippen molar-refractivity contribution in [1.29, 1.82) is 0 Å². The minimum Gasteiger partial charge on any atom is -0.387 e. The molecular formula is C63H118N2O6P+. The lowest BCUT2D eigenvalue weighted by Gasteiger charge is -2.25. The topological polar surface area (TPSA) is 105 Å². The van der Waals surface area contributed by atoms with Crippen LogP contribution in [-0.2, 0) is 18.4 Å². The van der Waals surface area contributed by atoms with Crippen LogP contribution in [0.15, 0.2) is 72.9 Å². The number of likely N-dealkylation sites (N-methyl/N-ethyl adjacent to an activating group) is 1. The zero-order valence-corrected chi connectivity index (χ0v) is 48.8. The third kappa shape index (κ3) is 55.7. The highest BCUT2D eigenvalue weighted by Gasteiger charge is 2.27. The highest BCUT2D eigenvalue weighted by Crippen LogP contribution is 2.43. The molecule has 0 rings (SSSR count). The minimum atomic E-state index is -4.36. The summed E-state index contributed by atoms with van der Waals surface area (Å²) in [6, 6.07) is -0.870. The molecule has 3 unspecified atom stereocenters. The van der Waals surface area contributed by atoms with Gasteiger partial charge in [0.1, 0.15) is 13.2 Å². The number of carbonyl (C=O) groups is 1. The van der Waals surface area contributed by atoms with Crippen molar-refractivity contribution in [2.24, 2.45) is 0 Å². The van der Waals surface area contributed by atoms with Crippen LogP contribution < -0.4 is 5.32 Å². The fourth-order valence-electron chi connectivity index (χ4n) is 8.61. The van der Waals surface area contributed by atoms with Crippen molar-refractivity contribution < 1.29 is 32.9 Å². The Bertz CT molecular complexity index is 1400. The van der Waals surface area contributed by atoms with Gasteiger partial charge in [0, 0.05) is 6.42 Å². The number of phosphoric ester groups is 1. The van der Waals surface area contributed by atoms with Gasteiger partial charge in [0.05, 0.1) is 39.9 Å². The Labute approximate surface area is 446 Å². The number of aliphatic hydroxyl groups is 1. The van der Waals surface area contributed by atoms with Gasteiger partial charge in [-0.05, 0) is 83.5 Å². The lowest BCUT2D eigenvalue weighted by Crippen LogP contribution is -2.45. The van der Waals surface area contributed by atoms with E-state index in [9.17, 15) is 19.4 Å². The normalized spacial score (nSPS) is 14.4. The van der Waals surface area contributed by atoms with Gasteiger partial charge in [0.2, 0.25) is 5.91 Å². The fourth-order valence-corrected chi connectivity index (χ4v) is 9.35. The molecule has 0 aromatic rings. The van der Waals surface area contributed by atoms with Crippen LogP contribution in [0.2, 0.25) is 0 Å². The molecule has 0 saturated carbocycles. The van der Waals surface area contributed by atoms with Crippen LogP contribution in [0.25, 0.3) is 0 Å². The van der Waals surface area contributed by atoms with Crippen LogP contribution in [0.5, 0.6) is 0 Å². The number of unbranched alkanes of at least 4 members (excludes halogenated alkanes) is 32. The average molecular weight is 1030 g/mol. The maximum absolute atomic E-state index is 13.0. The van der Waals surface area contributed by atoms with E-state index < -0.39 is 20.0 Å². The second-order valence-electron chi connectivity index (χ2n) is 21.7. The summed E-state index contributed by atoms with van der Waals surface area (Å²) in [7, 11) is 1.55. The van der Waals surface area contributed by atoms with Crippen molar-refractivity contribution in [1.82, 2.24) is 5.32 Å². The second kappa shape index (κ2) is 53.8. The molecule has 8 nitrogen and oxygen atoms in total. The predicted molar refractivity (Wildman–Crippen MR) is 313 cm³/mol. The quantitative estimate of drug-likeness (QED) is 0.0243. The summed E-state index contributed by atoms with van der Waals surface area (Å²) in [6.07, 6.45) is 74.7. The molecule has 420 valence electrons. The summed E-state index contributed by atoms with van der Waals surface area (Å²) in [5.74, 6) is -0.190. The van der Waals surface area contributed by atoms with E-state index in [0.717, 1.165) is 64.2 Å². The molecule has 0 aliphatic heterocycles. The third-order valence-electron chi connectivity index (χ3n) is 13.4. The molecule has 72 heavy (non-hydrogen) atoms. The number of amides is 1. The number of carbonyl (C=O) groups excluding carboxylic acids is 1. The first-order chi connectivity index (χ1) is 35.0. The molecular weight excluding hydrogens is 912 g/mol. The highest BCUT2D eigenvalue weighted by atomic mass is 31.2. The summed E-state index contributed by atoms with van der Waals surface area (Å²) in [4.78, 5) is 23.2. The van der Waals surface area contributed by atoms with Crippen molar-refractivity contribution in [3.63, 3.8) is 0 Å². The number of rotatable bonds is 55. The Kier molecular flexibility index (Phi) is 52.2. The summed E-state index contributed by atoms with van der Waals surface area (Å²) in [5.41, 5.74) is 0. The summed E-state index contributed by atoms with van der Waals surface area (Å²) < 4.78 is 23.6. The Morgan fingerprint density at radius 1 is 0.472 bits per heavy atom. The number of allylic oxidation sites excluding steroid dienone is 11. The Balaban J connectivity index is 3.96. The van der Waals surface area contributed by atoms with Gasteiger partial charge in [0.15, 0.2) is 0 Å². The van der Waals surface area contributed by atoms with Crippen LogP contribution >= 0.6 is 7.82 Å². The molecule has 0 heterocycles. The SMILES string of the molecule is CCCCC/C=C/CC/C=C/CC/C=C/C(O)C(COP(=O)(O)OCC[N+](C)(C)C)NC(=O)CCCCCCCCCCCCCCCCCCCCCCCC/C=C\C/C=C\C/C=C\CCCCCCC. The number of nitrogens with zero attached hydrogens (tertiary/aromatic N) is 1. The molecule has 0 spiro atoms. The van der Waals surface area contributed by atoms with E-state index >= 15 is 0 Å². The lowest BCUT2D eigenvalue weighted by atomic mass is 10.0. The standard InChI is InChI=1S/C63H117N2O6P/c1-6-8-10-12-14-16-18-20-21-22-23-24-25-26-27-28-29-30-31-32-33-34-35-36-37-38-39-40-41-42-43-45-47-49-51-53-55-57-63(67)64-61(60-71-72(68,69)70-59-58-65(3,4)5)62(66)56-54-52-50-48-46-44-19-17-15-13-11-9-7-2/h15,17-18,20,22-23,25-26,46,48,54,56,61-62,66H,6-14,16,19,21,24,27-45,47,49-53,55,57-60H2,1-5H3,(H-,64,67,68,69)/p+1/b17-15+,20-18-,23-22-,26-25-,48-46+,56-54+. The molecule has 3 atom stereocenters. The van der Waals surface area contributed by atoms with Gasteiger partial charge in [-0.2, -0.15) is 0 Å². The van der Waals surface area contributed by atoms with Gasteiger partial charge in [-0.3, -0.25) is 13.8 Å². The first kappa shape index (κ1) is 69.9. The molecule has 0 aliphatic carbocycles. The first-order valence-electron chi connectivity index (χ1n) is 30.3. The van der Waals surface area contributed by atoms with E-state index in [2.05, 4.69) is 79.9 Å². The summed E-state index contributed by atoms with van der Waals surface area (Å²) in [5, 5.41) is 13.9. The van der Waals surface area contributed by atoms with Gasteiger partial charge in [-0.15, -0.1) is 0 Å². The summed E-state index contributed by atoms with van der Waals surface area (Å²) >= 11 is 0. The second-order valence-corrected chi connectivity index (χ2v) is 23.2. The molecule has 0 aliphatic rings. The molecule has 0 fully saturated rings. The first-order valence-corrected chi connectivity index (χ1v) is 31.8. The largest absolute Gasteiger partial charge is 0.472 e. The van der Waals surface area contributed by atoms with Gasteiger partial charge in [0.25, 0.3) is 0 Å². The summed E-state index contributed by atoms with van der Waals surface area (Å²) in [6.45, 7) is 4.75. The Morgan fingerprint density at radius 3 is 1.24 bits per heavy atom. The fraction of sp³-hybridized carbons (Fsp3) is 0.794. The van der Waals surface area contributed by atoms with E-state index in [1.807, 2.05) is 27.2 Å². The predicted octanol–water partition coefficient (Wildman–Crippen LogP) is 18.7. The zero-order chi connectivity index (χ0) is 52.7. The van der Waals surface area contributed by atoms with Gasteiger partial charge in [-0.25, -0.2) is 4.57 Å². The number of hydrogen-bond donors (Lipinski definition) is 3. The molecule has 3 N–H and O–H groups in total.